The summed E-state index contributed by atoms with van der Waals surface area (Å²) in [5.74, 6) is -11.7. The fraction of sp³-hybridized carbons (Fsp3) is 0.750. The van der Waals surface area contributed by atoms with Gasteiger partial charge in [0.2, 0.25) is 0 Å². The van der Waals surface area contributed by atoms with E-state index in [1.54, 1.807) is 0 Å². The van der Waals surface area contributed by atoms with Crippen LogP contribution in [-0.4, -0.2) is 33.1 Å². The normalized spacial score (nSPS) is 13.7. The van der Waals surface area contributed by atoms with Gasteiger partial charge in [-0.25, -0.2) is 0 Å². The molecule has 0 amide bonds. The average molecular weight is 535 g/mol. The predicted molar refractivity (Wildman–Crippen MR) is 130 cm³/mol. The first kappa shape index (κ1) is 31.2. The van der Waals surface area contributed by atoms with Gasteiger partial charge in [-0.1, -0.05) is 0 Å². The summed E-state index contributed by atoms with van der Waals surface area (Å²) in [6.07, 6.45) is 9.52. The number of benzene rings is 1. The monoisotopic (exact) mass is 534 g/mol. The quantitative estimate of drug-likeness (QED) is 0.0661. The van der Waals surface area contributed by atoms with Gasteiger partial charge in [0.1, 0.15) is 0 Å². The molecule has 34 heavy (non-hydrogen) atoms. The van der Waals surface area contributed by atoms with Gasteiger partial charge in [-0.05, 0) is 0 Å². The Morgan fingerprint density at radius 3 is 1.29 bits per heavy atom. The average Bonchev–Trinajstić information content (AvgIpc) is 2.80. The van der Waals surface area contributed by atoms with Gasteiger partial charge in [0, 0.05) is 0 Å². The number of rotatable bonds is 17. The standard InChI is InChI=1S/C24H40F5O3PS/c1-5-9-13-14-18-33(15-10-6-2,16-11-7-3,17-12-8-4)32-34(30,31)24-22(28)20(26)19(25)21(27)23(24)29/h5-18H2,1-4H3. The molecular weight excluding hydrogens is 494 g/mol. The third-order valence-corrected chi connectivity index (χ3v) is 15.7. The van der Waals surface area contributed by atoms with Crippen molar-refractivity contribution in [1.82, 2.24) is 0 Å². The second kappa shape index (κ2) is 13.5. The first-order chi connectivity index (χ1) is 15.9. The van der Waals surface area contributed by atoms with Crippen LogP contribution in [0.4, 0.5) is 22.0 Å². The maximum atomic E-state index is 14.5. The Morgan fingerprint density at radius 1 is 0.559 bits per heavy atom. The van der Waals surface area contributed by atoms with Gasteiger partial charge in [0.15, 0.2) is 0 Å². The van der Waals surface area contributed by atoms with Crippen molar-refractivity contribution in [3.63, 3.8) is 0 Å². The van der Waals surface area contributed by atoms with E-state index in [9.17, 15) is 30.4 Å². The molecule has 3 nitrogen and oxygen atoms in total. The number of hydrogen-bond donors (Lipinski definition) is 0. The third-order valence-electron chi connectivity index (χ3n) is 6.54. The Bertz CT molecular complexity index is 855. The van der Waals surface area contributed by atoms with E-state index in [1.165, 1.54) is 0 Å². The Hall–Kier alpha value is -0.790. The van der Waals surface area contributed by atoms with E-state index < -0.39 is 50.9 Å². The summed E-state index contributed by atoms with van der Waals surface area (Å²) in [7, 11) is -5.27. The molecule has 0 bridgehead atoms. The first-order valence-corrected chi connectivity index (χ1v) is 16.7. The summed E-state index contributed by atoms with van der Waals surface area (Å²) in [6.45, 7) is 4.29. The molecule has 0 unspecified atom stereocenters. The summed E-state index contributed by atoms with van der Waals surface area (Å²) >= 11 is 0. The van der Waals surface area contributed by atoms with E-state index in [1.807, 2.05) is 20.8 Å². The predicted octanol–water partition coefficient (Wildman–Crippen LogP) is 8.54. The van der Waals surface area contributed by atoms with E-state index >= 15 is 0 Å². The molecule has 10 heteroatoms. The summed E-state index contributed by atoms with van der Waals surface area (Å²) in [6, 6.07) is 0. The molecule has 0 aliphatic carbocycles. The van der Waals surface area contributed by atoms with E-state index in [0.29, 0.717) is 50.3 Å². The summed E-state index contributed by atoms with van der Waals surface area (Å²) in [5, 5.41) is 0. The molecule has 0 radical (unpaired) electrons. The van der Waals surface area contributed by atoms with E-state index in [4.69, 9.17) is 3.97 Å². The van der Waals surface area contributed by atoms with E-state index in [-0.39, 0.29) is 0 Å². The molecule has 0 saturated heterocycles. The van der Waals surface area contributed by atoms with Gasteiger partial charge in [-0.15, -0.1) is 0 Å². The van der Waals surface area contributed by atoms with Crippen molar-refractivity contribution in [2.24, 2.45) is 0 Å². The zero-order valence-corrected chi connectivity index (χ0v) is 22.6. The van der Waals surface area contributed by atoms with Crippen molar-refractivity contribution in [3.05, 3.63) is 29.1 Å². The van der Waals surface area contributed by atoms with Crippen LogP contribution in [0.3, 0.4) is 0 Å². The molecule has 0 fully saturated rings. The summed E-state index contributed by atoms with van der Waals surface area (Å²) in [5.41, 5.74) is 0. The van der Waals surface area contributed by atoms with Crippen molar-refractivity contribution in [3.8, 4) is 0 Å². The molecule has 0 aromatic heterocycles. The van der Waals surface area contributed by atoms with Crippen LogP contribution in [0.25, 0.3) is 0 Å². The molecule has 1 aromatic rings. The SMILES string of the molecule is CCCCCCP(CCCC)(CCCC)(CCCC)OS(=O)(=O)c1c(F)c(F)c(F)c(F)c1F. The third kappa shape index (κ3) is 7.36. The molecule has 0 aliphatic heterocycles. The minimum absolute atomic E-state index is 0.447. The molecule has 1 rings (SSSR count). The van der Waals surface area contributed by atoms with Crippen molar-refractivity contribution in [2.45, 2.75) is 96.8 Å². The van der Waals surface area contributed by atoms with Crippen LogP contribution >= 0.6 is 6.83 Å². The molecule has 0 saturated carbocycles. The van der Waals surface area contributed by atoms with Crippen LogP contribution in [0.15, 0.2) is 4.90 Å². The van der Waals surface area contributed by atoms with Crippen LogP contribution in [0, 0.1) is 29.1 Å². The van der Waals surface area contributed by atoms with Crippen molar-refractivity contribution < 1.29 is 34.3 Å². The van der Waals surface area contributed by atoms with Crippen molar-refractivity contribution in [1.29, 1.82) is 0 Å². The van der Waals surface area contributed by atoms with Gasteiger partial charge in [-0.2, -0.15) is 0 Å². The van der Waals surface area contributed by atoms with Crippen LogP contribution in [-0.2, 0) is 14.1 Å². The maximum absolute atomic E-state index is 14.5. The molecular formula is C24H40F5O3PS. The second-order valence-electron chi connectivity index (χ2n) is 9.30. The number of unbranched alkanes of at least 4 members (excludes halogenated alkanes) is 6. The van der Waals surface area contributed by atoms with Gasteiger partial charge >= 0.3 is 202 Å². The zero-order chi connectivity index (χ0) is 26.0. The zero-order valence-electron chi connectivity index (χ0n) is 20.9. The molecule has 0 spiro atoms. The Morgan fingerprint density at radius 2 is 0.912 bits per heavy atom. The minimum atomic E-state index is -5.27. The fourth-order valence-electron chi connectivity index (χ4n) is 4.55. The molecule has 0 N–H and O–H groups in total. The summed E-state index contributed by atoms with van der Waals surface area (Å²) in [4.78, 5) is -1.88. The van der Waals surface area contributed by atoms with Gasteiger partial charge in [0.05, 0.1) is 0 Å². The van der Waals surface area contributed by atoms with Crippen LogP contribution in [0.2, 0.25) is 0 Å². The van der Waals surface area contributed by atoms with Crippen LogP contribution in [0.5, 0.6) is 0 Å². The van der Waals surface area contributed by atoms with Crippen LogP contribution < -0.4 is 0 Å². The molecule has 200 valence electrons. The second-order valence-corrected chi connectivity index (χ2v) is 16.7. The van der Waals surface area contributed by atoms with Gasteiger partial charge in [-0.3, -0.25) is 0 Å². The Kier molecular flexibility index (Phi) is 12.4. The fourth-order valence-corrected chi connectivity index (χ4v) is 14.6. The Labute approximate surface area is 202 Å². The molecule has 0 atom stereocenters. The molecule has 0 aliphatic rings. The van der Waals surface area contributed by atoms with Gasteiger partial charge in [0.25, 0.3) is 0 Å². The first-order valence-electron chi connectivity index (χ1n) is 12.4. The van der Waals surface area contributed by atoms with Crippen molar-refractivity contribution >= 4 is 16.9 Å². The number of hydrogen-bond acceptors (Lipinski definition) is 3. The van der Waals surface area contributed by atoms with Gasteiger partial charge < -0.3 is 0 Å². The van der Waals surface area contributed by atoms with E-state index in [0.717, 1.165) is 38.5 Å². The number of halogens is 5. The van der Waals surface area contributed by atoms with Crippen LogP contribution in [0.1, 0.15) is 91.9 Å². The topological polar surface area (TPSA) is 43.4 Å². The van der Waals surface area contributed by atoms with E-state index in [2.05, 4.69) is 6.92 Å². The summed E-state index contributed by atoms with van der Waals surface area (Å²) < 4.78 is 103. The molecule has 1 aromatic carbocycles. The Balaban J connectivity index is 3.76. The molecule has 0 heterocycles. The van der Waals surface area contributed by atoms with Crippen molar-refractivity contribution in [2.75, 3.05) is 24.6 Å².